The highest BCUT2D eigenvalue weighted by atomic mass is 16.5. The van der Waals surface area contributed by atoms with Crippen molar-refractivity contribution < 1.29 is 19.3 Å². The van der Waals surface area contributed by atoms with Crippen molar-refractivity contribution in [1.29, 1.82) is 0 Å². The van der Waals surface area contributed by atoms with Crippen molar-refractivity contribution in [3.8, 4) is 22.8 Å². The van der Waals surface area contributed by atoms with Crippen LogP contribution < -0.4 is 15.1 Å². The molecule has 0 aliphatic rings. The molecule has 3 aromatic carbocycles. The number of hydrogen-bond donors (Lipinski definition) is 2. The van der Waals surface area contributed by atoms with Gasteiger partial charge in [-0.2, -0.15) is 0 Å². The largest absolute Gasteiger partial charge is 0.508 e. The molecule has 0 aliphatic heterocycles. The van der Waals surface area contributed by atoms with E-state index in [1.807, 2.05) is 60.7 Å². The smallest absolute Gasteiger partial charge is 0.218 e. The number of ether oxygens (including phenoxy) is 1. The fourth-order valence-corrected chi connectivity index (χ4v) is 2.85. The summed E-state index contributed by atoms with van der Waals surface area (Å²) >= 11 is 0. The Balaban J connectivity index is 1.95. The van der Waals surface area contributed by atoms with Gasteiger partial charge in [0.1, 0.15) is 22.8 Å². The summed E-state index contributed by atoms with van der Waals surface area (Å²) in [5.41, 5.74) is 2.60. The van der Waals surface area contributed by atoms with E-state index in [4.69, 9.17) is 9.15 Å². The molecule has 0 radical (unpaired) electrons. The van der Waals surface area contributed by atoms with Crippen LogP contribution in [0.25, 0.3) is 22.3 Å². The molecule has 0 aliphatic carbocycles. The summed E-state index contributed by atoms with van der Waals surface area (Å²) in [7, 11) is 1.64. The van der Waals surface area contributed by atoms with Gasteiger partial charge in [0.2, 0.25) is 11.0 Å². The van der Waals surface area contributed by atoms with Gasteiger partial charge in [0.15, 0.2) is 0 Å². The van der Waals surface area contributed by atoms with E-state index >= 15 is 0 Å². The molecule has 0 spiro atoms. The lowest BCUT2D eigenvalue weighted by atomic mass is 10.1. The van der Waals surface area contributed by atoms with E-state index in [0.29, 0.717) is 5.58 Å². The second-order valence-corrected chi connectivity index (χ2v) is 5.92. The highest BCUT2D eigenvalue weighted by Gasteiger charge is 2.10. The molecule has 0 amide bonds. The van der Waals surface area contributed by atoms with Crippen molar-refractivity contribution in [3.05, 3.63) is 84.2 Å². The summed E-state index contributed by atoms with van der Waals surface area (Å²) in [5.74, 6) is 1.74. The van der Waals surface area contributed by atoms with Gasteiger partial charge in [-0.15, -0.1) is 0 Å². The Kier molecular flexibility index (Phi) is 4.15. The van der Waals surface area contributed by atoms with Crippen LogP contribution >= 0.6 is 0 Å². The normalized spacial score (nSPS) is 11.7. The van der Waals surface area contributed by atoms with Gasteiger partial charge in [0.25, 0.3) is 0 Å². The minimum Gasteiger partial charge on any atom is -0.508 e. The number of phenolic OH excluding ortho intramolecular Hbond substituents is 1. The van der Waals surface area contributed by atoms with E-state index in [1.165, 1.54) is 0 Å². The molecule has 1 aromatic heterocycles. The average Bonchev–Trinajstić information content (AvgIpc) is 2.69. The van der Waals surface area contributed by atoms with E-state index in [0.717, 1.165) is 33.5 Å². The summed E-state index contributed by atoms with van der Waals surface area (Å²) in [4.78, 5) is 3.41. The first kappa shape index (κ1) is 16.0. The van der Waals surface area contributed by atoms with Crippen LogP contribution in [0, 0.1) is 0 Å². The van der Waals surface area contributed by atoms with E-state index in [-0.39, 0.29) is 5.75 Å². The van der Waals surface area contributed by atoms with E-state index in [9.17, 15) is 5.11 Å². The van der Waals surface area contributed by atoms with Crippen LogP contribution in [0.1, 0.15) is 0 Å². The summed E-state index contributed by atoms with van der Waals surface area (Å²) in [6, 6.07) is 24.6. The lowest BCUT2D eigenvalue weighted by Gasteiger charge is -2.03. The van der Waals surface area contributed by atoms with Gasteiger partial charge < -0.3 is 14.3 Å². The first-order valence-corrected chi connectivity index (χ1v) is 8.29. The molecule has 0 bridgehead atoms. The van der Waals surface area contributed by atoms with Crippen LogP contribution in [0.4, 0.5) is 5.69 Å². The van der Waals surface area contributed by atoms with Crippen LogP contribution in [-0.2, 0) is 0 Å². The molecule has 2 N–H and O–H groups in total. The maximum atomic E-state index is 9.89. The number of fused-ring (bicyclic) bond motifs is 1. The van der Waals surface area contributed by atoms with Crippen LogP contribution in [0.2, 0.25) is 0 Å². The van der Waals surface area contributed by atoms with Gasteiger partial charge in [-0.3, -0.25) is 0 Å². The van der Waals surface area contributed by atoms with Crippen molar-refractivity contribution in [3.63, 3.8) is 0 Å². The quantitative estimate of drug-likeness (QED) is 0.600. The number of phenols is 1. The summed E-state index contributed by atoms with van der Waals surface area (Å²) in [6.45, 7) is 0. The Morgan fingerprint density at radius 3 is 2.38 bits per heavy atom. The van der Waals surface area contributed by atoms with Crippen LogP contribution in [0.15, 0.2) is 83.3 Å². The lowest BCUT2D eigenvalue weighted by molar-refractivity contribution is -0.400. The number of hydrogen-bond acceptors (Lipinski definition) is 3. The van der Waals surface area contributed by atoms with E-state index in [2.05, 4.69) is 4.99 Å². The maximum absolute atomic E-state index is 9.89. The molecular weight excluding hydrogens is 326 g/mol. The number of nitrogens with one attached hydrogen (secondary N) is 1. The lowest BCUT2D eigenvalue weighted by Crippen LogP contribution is -2.70. The molecule has 1 heterocycles. The number of benzene rings is 3. The van der Waals surface area contributed by atoms with Crippen molar-refractivity contribution in [2.45, 2.75) is 0 Å². The van der Waals surface area contributed by atoms with Gasteiger partial charge in [0, 0.05) is 17.7 Å². The molecular formula is C22H18NO3+. The molecule has 0 atom stereocenters. The Labute approximate surface area is 150 Å². The Bertz CT molecular complexity index is 1110. The molecule has 0 saturated heterocycles. The zero-order valence-corrected chi connectivity index (χ0v) is 14.3. The molecule has 4 heteroatoms. The number of methoxy groups -OCH3 is 1. The minimum atomic E-state index is 0.193. The monoisotopic (exact) mass is 344 g/mol. The number of aromatic hydroxyl groups is 1. The Morgan fingerprint density at radius 2 is 1.65 bits per heavy atom. The minimum absolute atomic E-state index is 0.193. The Hall–Kier alpha value is -3.53. The van der Waals surface area contributed by atoms with E-state index in [1.54, 1.807) is 25.3 Å². The maximum Gasteiger partial charge on any atom is 0.218 e. The fraction of sp³-hybridized carbons (Fsp3) is 0.0455. The SMILES string of the molecule is COc1ccc([NH+]=c2cc(-c3ccccc3)oc3ccc(O)cc23)cc1. The second-order valence-electron chi connectivity index (χ2n) is 5.92. The molecule has 0 unspecified atom stereocenters. The highest BCUT2D eigenvalue weighted by Crippen LogP contribution is 2.23. The van der Waals surface area contributed by atoms with Crippen molar-refractivity contribution in [1.82, 2.24) is 0 Å². The molecule has 26 heavy (non-hydrogen) atoms. The Morgan fingerprint density at radius 1 is 0.885 bits per heavy atom. The molecule has 128 valence electrons. The van der Waals surface area contributed by atoms with E-state index < -0.39 is 0 Å². The first-order chi connectivity index (χ1) is 12.7. The van der Waals surface area contributed by atoms with Gasteiger partial charge in [-0.1, -0.05) is 30.3 Å². The molecule has 4 rings (SSSR count). The predicted molar refractivity (Wildman–Crippen MR) is 100 cm³/mol. The molecule has 0 fully saturated rings. The van der Waals surface area contributed by atoms with Crippen molar-refractivity contribution in [2.75, 3.05) is 7.11 Å². The summed E-state index contributed by atoms with van der Waals surface area (Å²) in [5, 5.41) is 11.5. The van der Waals surface area contributed by atoms with Crippen molar-refractivity contribution in [2.24, 2.45) is 0 Å². The van der Waals surface area contributed by atoms with Gasteiger partial charge >= 0.3 is 0 Å². The average molecular weight is 344 g/mol. The first-order valence-electron chi connectivity index (χ1n) is 8.29. The summed E-state index contributed by atoms with van der Waals surface area (Å²) in [6.07, 6.45) is 0. The zero-order valence-electron chi connectivity index (χ0n) is 14.3. The topological polar surface area (TPSA) is 56.6 Å². The molecule has 4 nitrogen and oxygen atoms in total. The second kappa shape index (κ2) is 6.76. The highest BCUT2D eigenvalue weighted by molar-refractivity contribution is 5.79. The molecule has 0 saturated carbocycles. The van der Waals surface area contributed by atoms with Gasteiger partial charge in [-0.05, 0) is 30.3 Å². The number of rotatable bonds is 3. The van der Waals surface area contributed by atoms with Gasteiger partial charge in [-0.25, -0.2) is 4.99 Å². The van der Waals surface area contributed by atoms with Crippen LogP contribution in [0.5, 0.6) is 11.5 Å². The predicted octanol–water partition coefficient (Wildman–Crippen LogP) is 3.13. The van der Waals surface area contributed by atoms with Gasteiger partial charge in [0.05, 0.1) is 18.6 Å². The molecule has 4 aromatic rings. The fourth-order valence-electron chi connectivity index (χ4n) is 2.85. The van der Waals surface area contributed by atoms with Crippen LogP contribution in [0.3, 0.4) is 0 Å². The summed E-state index contributed by atoms with van der Waals surface area (Å²) < 4.78 is 11.3. The van der Waals surface area contributed by atoms with Crippen molar-refractivity contribution >= 4 is 16.7 Å². The third-order valence-corrected chi connectivity index (χ3v) is 4.18. The third kappa shape index (κ3) is 3.17. The zero-order chi connectivity index (χ0) is 17.9. The third-order valence-electron chi connectivity index (χ3n) is 4.18. The van der Waals surface area contributed by atoms with Crippen LogP contribution in [-0.4, -0.2) is 12.2 Å². The standard InChI is InChI=1S/C22H17NO3/c1-25-18-10-7-16(8-11-18)23-20-14-22(15-5-3-2-4-6-15)26-21-12-9-17(24)13-19(20)21/h2-14,24H,1H3/p+1.